The van der Waals surface area contributed by atoms with Crippen LogP contribution in [0, 0.1) is 0 Å². The third kappa shape index (κ3) is 2.61. The topological polar surface area (TPSA) is 49.3 Å². The van der Waals surface area contributed by atoms with Crippen LogP contribution < -0.4 is 5.32 Å². The summed E-state index contributed by atoms with van der Waals surface area (Å²) < 4.78 is 0. The summed E-state index contributed by atoms with van der Waals surface area (Å²) in [6.45, 7) is 1.82. The monoisotopic (exact) mass is 219 g/mol. The van der Waals surface area contributed by atoms with Gasteiger partial charge in [0.05, 0.1) is 5.60 Å². The molecule has 3 nitrogen and oxygen atoms in total. The highest BCUT2D eigenvalue weighted by atomic mass is 16.3. The fourth-order valence-electron chi connectivity index (χ4n) is 2.20. The Labute approximate surface area is 95.5 Å². The molecule has 1 aliphatic rings. The number of rotatable bonds is 2. The maximum absolute atomic E-state index is 11.8. The van der Waals surface area contributed by atoms with Crippen molar-refractivity contribution in [3.63, 3.8) is 0 Å². The van der Waals surface area contributed by atoms with Gasteiger partial charge in [0.15, 0.2) is 0 Å². The quantitative estimate of drug-likeness (QED) is 0.795. The maximum Gasteiger partial charge on any atom is 0.251 e. The van der Waals surface area contributed by atoms with E-state index in [4.69, 9.17) is 0 Å². The largest absolute Gasteiger partial charge is 0.390 e. The van der Waals surface area contributed by atoms with Crippen LogP contribution in [0.1, 0.15) is 36.5 Å². The van der Waals surface area contributed by atoms with Crippen molar-refractivity contribution in [1.82, 2.24) is 5.32 Å². The van der Waals surface area contributed by atoms with Gasteiger partial charge in [-0.05, 0) is 38.3 Å². The maximum atomic E-state index is 11.8. The number of hydrogen-bond donors (Lipinski definition) is 2. The minimum absolute atomic E-state index is 0.0525. The molecule has 0 spiro atoms. The smallest absolute Gasteiger partial charge is 0.251 e. The van der Waals surface area contributed by atoms with E-state index >= 15 is 0 Å². The fourth-order valence-corrected chi connectivity index (χ4v) is 2.20. The van der Waals surface area contributed by atoms with Gasteiger partial charge in [-0.25, -0.2) is 0 Å². The van der Waals surface area contributed by atoms with Crippen molar-refractivity contribution >= 4 is 5.91 Å². The summed E-state index contributed by atoms with van der Waals surface area (Å²) in [5.41, 5.74) is 0.0586. The van der Waals surface area contributed by atoms with Crippen LogP contribution in [-0.2, 0) is 0 Å². The highest BCUT2D eigenvalue weighted by Crippen LogP contribution is 2.29. The van der Waals surface area contributed by atoms with Crippen molar-refractivity contribution in [3.05, 3.63) is 35.9 Å². The highest BCUT2D eigenvalue weighted by Gasteiger charge is 2.33. The Morgan fingerprint density at radius 2 is 2.12 bits per heavy atom. The van der Waals surface area contributed by atoms with Crippen molar-refractivity contribution in [2.75, 3.05) is 0 Å². The molecule has 86 valence electrons. The molecular weight excluding hydrogens is 202 g/mol. The summed E-state index contributed by atoms with van der Waals surface area (Å²) in [4.78, 5) is 11.8. The van der Waals surface area contributed by atoms with Crippen LogP contribution in [0.4, 0.5) is 0 Å². The van der Waals surface area contributed by atoms with Gasteiger partial charge in [-0.3, -0.25) is 4.79 Å². The van der Waals surface area contributed by atoms with Crippen LogP contribution >= 0.6 is 0 Å². The first kappa shape index (κ1) is 11.1. The Hall–Kier alpha value is -1.35. The summed E-state index contributed by atoms with van der Waals surface area (Å²) in [7, 11) is 0. The zero-order valence-corrected chi connectivity index (χ0v) is 9.44. The van der Waals surface area contributed by atoms with E-state index in [1.165, 1.54) is 0 Å². The van der Waals surface area contributed by atoms with E-state index in [1.807, 2.05) is 25.1 Å². The van der Waals surface area contributed by atoms with E-state index in [0.29, 0.717) is 12.0 Å². The molecule has 1 amide bonds. The van der Waals surface area contributed by atoms with E-state index in [1.54, 1.807) is 12.1 Å². The second-order valence-corrected chi connectivity index (χ2v) is 4.78. The Balaban J connectivity index is 1.94. The molecule has 2 N–H and O–H groups in total. The Bertz CT molecular complexity index is 373. The van der Waals surface area contributed by atoms with Gasteiger partial charge in [-0.15, -0.1) is 0 Å². The first-order valence-electron chi connectivity index (χ1n) is 5.65. The average molecular weight is 219 g/mol. The first-order valence-corrected chi connectivity index (χ1v) is 5.65. The molecule has 1 aromatic carbocycles. The summed E-state index contributed by atoms with van der Waals surface area (Å²) in [6.07, 6.45) is 2.25. The lowest BCUT2D eigenvalue weighted by Crippen LogP contribution is -2.34. The Morgan fingerprint density at radius 3 is 2.69 bits per heavy atom. The molecule has 2 rings (SSSR count). The van der Waals surface area contributed by atoms with Crippen molar-refractivity contribution in [2.24, 2.45) is 0 Å². The molecule has 0 aromatic heterocycles. The molecule has 0 bridgehead atoms. The van der Waals surface area contributed by atoms with Crippen molar-refractivity contribution in [1.29, 1.82) is 0 Å². The number of amides is 1. The van der Waals surface area contributed by atoms with Crippen LogP contribution in [0.25, 0.3) is 0 Å². The summed E-state index contributed by atoms with van der Waals surface area (Å²) >= 11 is 0. The highest BCUT2D eigenvalue weighted by molar-refractivity contribution is 5.94. The first-order chi connectivity index (χ1) is 7.57. The van der Waals surface area contributed by atoms with E-state index in [-0.39, 0.29) is 11.9 Å². The Morgan fingerprint density at radius 1 is 1.44 bits per heavy atom. The minimum Gasteiger partial charge on any atom is -0.390 e. The molecule has 1 fully saturated rings. The van der Waals surface area contributed by atoms with Gasteiger partial charge in [-0.2, -0.15) is 0 Å². The van der Waals surface area contributed by atoms with E-state index in [9.17, 15) is 9.90 Å². The van der Waals surface area contributed by atoms with E-state index < -0.39 is 5.60 Å². The molecule has 0 radical (unpaired) electrons. The zero-order chi connectivity index (χ0) is 11.6. The van der Waals surface area contributed by atoms with Crippen LogP contribution in [0.3, 0.4) is 0 Å². The van der Waals surface area contributed by atoms with E-state index in [2.05, 4.69) is 5.32 Å². The number of carbonyl (C=O) groups excluding carboxylic acids is 1. The summed E-state index contributed by atoms with van der Waals surface area (Å²) in [5.74, 6) is -0.0525. The molecule has 16 heavy (non-hydrogen) atoms. The average Bonchev–Trinajstić information content (AvgIpc) is 2.59. The van der Waals surface area contributed by atoms with Gasteiger partial charge in [0.2, 0.25) is 0 Å². The number of benzene rings is 1. The minimum atomic E-state index is -0.616. The molecule has 1 aliphatic carbocycles. The second-order valence-electron chi connectivity index (χ2n) is 4.78. The molecule has 1 aromatic rings. The summed E-state index contributed by atoms with van der Waals surface area (Å²) in [5, 5.41) is 12.7. The van der Waals surface area contributed by atoms with E-state index in [0.717, 1.165) is 12.8 Å². The third-order valence-electron chi connectivity index (χ3n) is 3.09. The lowest BCUT2D eigenvalue weighted by molar-refractivity contribution is 0.0647. The van der Waals surface area contributed by atoms with Gasteiger partial charge in [-0.1, -0.05) is 18.2 Å². The number of nitrogens with one attached hydrogen (secondary N) is 1. The molecule has 3 heteroatoms. The lowest BCUT2D eigenvalue weighted by atomic mass is 10.1. The molecule has 0 saturated heterocycles. The predicted octanol–water partition coefficient (Wildman–Crippen LogP) is 1.72. The second kappa shape index (κ2) is 4.26. The lowest BCUT2D eigenvalue weighted by Gasteiger charge is -2.16. The fraction of sp³-hybridized carbons (Fsp3) is 0.462. The molecule has 2 atom stereocenters. The molecule has 0 heterocycles. The normalized spacial score (nSPS) is 29.0. The summed E-state index contributed by atoms with van der Waals surface area (Å²) in [6, 6.07) is 9.27. The zero-order valence-electron chi connectivity index (χ0n) is 9.44. The van der Waals surface area contributed by atoms with Crippen LogP contribution in [0.15, 0.2) is 30.3 Å². The number of hydrogen-bond acceptors (Lipinski definition) is 2. The number of carbonyl (C=O) groups is 1. The van der Waals surface area contributed by atoms with Gasteiger partial charge in [0.1, 0.15) is 0 Å². The van der Waals surface area contributed by atoms with Gasteiger partial charge in [0.25, 0.3) is 5.91 Å². The standard InChI is InChI=1S/C13H17NO2/c1-13(16)8-7-11(9-13)14-12(15)10-5-3-2-4-6-10/h2-6,11,16H,7-9H2,1H3,(H,14,15). The van der Waals surface area contributed by atoms with Crippen molar-refractivity contribution in [2.45, 2.75) is 37.8 Å². The van der Waals surface area contributed by atoms with Crippen molar-refractivity contribution < 1.29 is 9.90 Å². The predicted molar refractivity (Wildman–Crippen MR) is 62.2 cm³/mol. The molecule has 1 saturated carbocycles. The van der Waals surface area contributed by atoms with Crippen LogP contribution in [-0.4, -0.2) is 22.7 Å². The number of aliphatic hydroxyl groups is 1. The van der Waals surface area contributed by atoms with Gasteiger partial charge in [0, 0.05) is 11.6 Å². The van der Waals surface area contributed by atoms with Gasteiger partial charge >= 0.3 is 0 Å². The molecule has 0 aliphatic heterocycles. The SMILES string of the molecule is CC1(O)CCC(NC(=O)c2ccccc2)C1. The Kier molecular flexibility index (Phi) is 2.97. The van der Waals surface area contributed by atoms with Crippen molar-refractivity contribution in [3.8, 4) is 0 Å². The van der Waals surface area contributed by atoms with Crippen LogP contribution in [0.5, 0.6) is 0 Å². The molecular formula is C13H17NO2. The molecule has 2 unspecified atom stereocenters. The van der Waals surface area contributed by atoms with Gasteiger partial charge < -0.3 is 10.4 Å². The third-order valence-corrected chi connectivity index (χ3v) is 3.09. The van der Waals surface area contributed by atoms with Crippen LogP contribution in [0.2, 0.25) is 0 Å².